The Labute approximate surface area is 129 Å². The number of nitrogens with one attached hydrogen (secondary N) is 2. The van der Waals surface area contributed by atoms with Gasteiger partial charge in [0.05, 0.1) is 0 Å². The molecule has 4 nitrogen and oxygen atoms in total. The third kappa shape index (κ3) is 7.51. The van der Waals surface area contributed by atoms with Crippen molar-refractivity contribution >= 4 is 5.96 Å². The molecular formula is C17H31N3O. The SMILES string of the molecule is CN=C(NCCCOCC1CC1)NCCC1=CCCCC1. The summed E-state index contributed by atoms with van der Waals surface area (Å²) in [4.78, 5) is 4.26. The summed E-state index contributed by atoms with van der Waals surface area (Å²) in [6.07, 6.45) is 12.6. The Hall–Kier alpha value is -1.03. The van der Waals surface area contributed by atoms with Crippen LogP contribution in [0.4, 0.5) is 0 Å². The highest BCUT2D eigenvalue weighted by atomic mass is 16.5. The monoisotopic (exact) mass is 293 g/mol. The number of rotatable bonds is 9. The molecule has 0 heterocycles. The van der Waals surface area contributed by atoms with Crippen molar-refractivity contribution in [2.45, 2.75) is 51.4 Å². The standard InChI is InChI=1S/C17H31N3O/c1-18-17(19-11-5-13-21-14-16-8-9-16)20-12-10-15-6-3-2-4-7-15/h6,16H,2-5,7-14H2,1H3,(H2,18,19,20). The minimum absolute atomic E-state index is 0.855. The first-order valence-electron chi connectivity index (χ1n) is 8.58. The van der Waals surface area contributed by atoms with Crippen molar-refractivity contribution in [3.8, 4) is 0 Å². The minimum Gasteiger partial charge on any atom is -0.381 e. The predicted octanol–water partition coefficient (Wildman–Crippen LogP) is 2.86. The topological polar surface area (TPSA) is 45.7 Å². The molecule has 1 fully saturated rings. The fourth-order valence-corrected chi connectivity index (χ4v) is 2.61. The Balaban J connectivity index is 1.46. The maximum absolute atomic E-state index is 5.63. The largest absolute Gasteiger partial charge is 0.381 e. The van der Waals surface area contributed by atoms with Crippen molar-refractivity contribution in [2.24, 2.45) is 10.9 Å². The van der Waals surface area contributed by atoms with E-state index >= 15 is 0 Å². The molecule has 0 unspecified atom stereocenters. The van der Waals surface area contributed by atoms with E-state index in [1.54, 1.807) is 5.57 Å². The van der Waals surface area contributed by atoms with Crippen LogP contribution in [0.3, 0.4) is 0 Å². The van der Waals surface area contributed by atoms with Gasteiger partial charge in [0.25, 0.3) is 0 Å². The van der Waals surface area contributed by atoms with Crippen LogP contribution in [-0.2, 0) is 4.74 Å². The molecule has 0 spiro atoms. The summed E-state index contributed by atoms with van der Waals surface area (Å²) < 4.78 is 5.63. The molecule has 2 N–H and O–H groups in total. The van der Waals surface area contributed by atoms with Crippen molar-refractivity contribution < 1.29 is 4.74 Å². The Morgan fingerprint density at radius 2 is 2.14 bits per heavy atom. The average molecular weight is 293 g/mol. The van der Waals surface area contributed by atoms with Crippen LogP contribution in [-0.4, -0.2) is 39.3 Å². The van der Waals surface area contributed by atoms with E-state index in [-0.39, 0.29) is 0 Å². The smallest absolute Gasteiger partial charge is 0.190 e. The van der Waals surface area contributed by atoms with Gasteiger partial charge in [-0.3, -0.25) is 4.99 Å². The van der Waals surface area contributed by atoms with Gasteiger partial charge in [-0.2, -0.15) is 0 Å². The number of hydrogen-bond donors (Lipinski definition) is 2. The first-order chi connectivity index (χ1) is 10.4. The summed E-state index contributed by atoms with van der Waals surface area (Å²) in [6.45, 7) is 3.71. The van der Waals surface area contributed by atoms with Crippen LogP contribution in [0, 0.1) is 5.92 Å². The molecule has 21 heavy (non-hydrogen) atoms. The Morgan fingerprint density at radius 3 is 2.86 bits per heavy atom. The minimum atomic E-state index is 0.855. The first kappa shape index (κ1) is 16.3. The van der Waals surface area contributed by atoms with Crippen molar-refractivity contribution in [3.05, 3.63) is 11.6 Å². The van der Waals surface area contributed by atoms with E-state index in [0.717, 1.165) is 51.0 Å². The molecule has 0 atom stereocenters. The number of nitrogens with zero attached hydrogens (tertiary/aromatic N) is 1. The second kappa shape index (κ2) is 9.82. The summed E-state index contributed by atoms with van der Waals surface area (Å²) in [5, 5.41) is 6.74. The lowest BCUT2D eigenvalue weighted by molar-refractivity contribution is 0.123. The normalized spacial score (nSPS) is 19.3. The van der Waals surface area contributed by atoms with Crippen molar-refractivity contribution in [1.82, 2.24) is 10.6 Å². The highest BCUT2D eigenvalue weighted by molar-refractivity contribution is 5.79. The molecule has 0 radical (unpaired) electrons. The maximum atomic E-state index is 5.63. The number of ether oxygens (including phenoxy) is 1. The van der Waals surface area contributed by atoms with Gasteiger partial charge in [-0.05, 0) is 57.3 Å². The van der Waals surface area contributed by atoms with Crippen LogP contribution < -0.4 is 10.6 Å². The van der Waals surface area contributed by atoms with E-state index in [1.165, 1.54) is 38.5 Å². The van der Waals surface area contributed by atoms with Crippen LogP contribution in [0.5, 0.6) is 0 Å². The number of allylic oxidation sites excluding steroid dienone is 1. The fourth-order valence-electron chi connectivity index (χ4n) is 2.61. The summed E-state index contributed by atoms with van der Waals surface area (Å²) in [5.41, 5.74) is 1.61. The molecule has 1 saturated carbocycles. The van der Waals surface area contributed by atoms with Crippen LogP contribution in [0.2, 0.25) is 0 Å². The van der Waals surface area contributed by atoms with Gasteiger partial charge in [0.15, 0.2) is 5.96 Å². The van der Waals surface area contributed by atoms with Crippen molar-refractivity contribution in [1.29, 1.82) is 0 Å². The number of aliphatic imine (C=N–C) groups is 1. The van der Waals surface area contributed by atoms with Gasteiger partial charge >= 0.3 is 0 Å². The van der Waals surface area contributed by atoms with E-state index in [0.29, 0.717) is 0 Å². The highest BCUT2D eigenvalue weighted by Gasteiger charge is 2.20. The number of guanidine groups is 1. The van der Waals surface area contributed by atoms with E-state index in [1.807, 2.05) is 7.05 Å². The van der Waals surface area contributed by atoms with Gasteiger partial charge in [0.1, 0.15) is 0 Å². The molecule has 120 valence electrons. The Morgan fingerprint density at radius 1 is 1.29 bits per heavy atom. The third-order valence-corrected chi connectivity index (χ3v) is 4.16. The zero-order valence-corrected chi connectivity index (χ0v) is 13.5. The zero-order valence-electron chi connectivity index (χ0n) is 13.5. The fraction of sp³-hybridized carbons (Fsp3) is 0.824. The molecule has 0 aromatic carbocycles. The zero-order chi connectivity index (χ0) is 14.8. The Bertz CT molecular complexity index is 348. The molecule has 0 saturated heterocycles. The molecule has 2 rings (SSSR count). The summed E-state index contributed by atoms with van der Waals surface area (Å²) in [7, 11) is 1.83. The lowest BCUT2D eigenvalue weighted by atomic mass is 9.97. The van der Waals surface area contributed by atoms with Gasteiger partial charge in [-0.1, -0.05) is 11.6 Å². The predicted molar refractivity (Wildman–Crippen MR) is 88.7 cm³/mol. The second-order valence-electron chi connectivity index (χ2n) is 6.16. The van der Waals surface area contributed by atoms with Gasteiger partial charge in [-0.15, -0.1) is 0 Å². The molecule has 0 bridgehead atoms. The van der Waals surface area contributed by atoms with Gasteiger partial charge in [0, 0.05) is 33.4 Å². The van der Waals surface area contributed by atoms with Gasteiger partial charge in [-0.25, -0.2) is 0 Å². The number of hydrogen-bond acceptors (Lipinski definition) is 2. The third-order valence-electron chi connectivity index (χ3n) is 4.16. The van der Waals surface area contributed by atoms with Crippen LogP contribution in [0.1, 0.15) is 51.4 Å². The van der Waals surface area contributed by atoms with Gasteiger partial charge in [0.2, 0.25) is 0 Å². The van der Waals surface area contributed by atoms with E-state index in [4.69, 9.17) is 4.74 Å². The summed E-state index contributed by atoms with van der Waals surface area (Å²) in [6, 6.07) is 0. The van der Waals surface area contributed by atoms with Gasteiger partial charge < -0.3 is 15.4 Å². The quantitative estimate of drug-likeness (QED) is 0.297. The molecule has 0 amide bonds. The molecule has 0 aromatic heterocycles. The molecule has 0 aromatic rings. The summed E-state index contributed by atoms with van der Waals surface area (Å²) >= 11 is 0. The van der Waals surface area contributed by atoms with E-state index in [9.17, 15) is 0 Å². The second-order valence-corrected chi connectivity index (χ2v) is 6.16. The van der Waals surface area contributed by atoms with Crippen LogP contribution in [0.15, 0.2) is 16.6 Å². The molecule has 0 aliphatic heterocycles. The molecule has 4 heteroatoms. The van der Waals surface area contributed by atoms with E-state index < -0.39 is 0 Å². The van der Waals surface area contributed by atoms with Crippen LogP contribution in [0.25, 0.3) is 0 Å². The lowest BCUT2D eigenvalue weighted by Gasteiger charge is -2.15. The first-order valence-corrected chi connectivity index (χ1v) is 8.58. The van der Waals surface area contributed by atoms with Crippen molar-refractivity contribution in [2.75, 3.05) is 33.4 Å². The highest BCUT2D eigenvalue weighted by Crippen LogP contribution is 2.28. The van der Waals surface area contributed by atoms with E-state index in [2.05, 4.69) is 21.7 Å². The van der Waals surface area contributed by atoms with Crippen LogP contribution >= 0.6 is 0 Å². The lowest BCUT2D eigenvalue weighted by Crippen LogP contribution is -2.38. The average Bonchev–Trinajstić information content (AvgIpc) is 3.34. The van der Waals surface area contributed by atoms with Crippen molar-refractivity contribution in [3.63, 3.8) is 0 Å². The molecular weight excluding hydrogens is 262 g/mol. The Kier molecular flexibility index (Phi) is 7.65. The molecule has 2 aliphatic carbocycles. The summed E-state index contributed by atoms with van der Waals surface area (Å²) in [5.74, 6) is 1.77. The maximum Gasteiger partial charge on any atom is 0.190 e. The molecule has 2 aliphatic rings.